The fourth-order valence-corrected chi connectivity index (χ4v) is 1.84. The molecule has 0 aliphatic rings. The second-order valence-corrected chi connectivity index (χ2v) is 4.33. The third-order valence-electron chi connectivity index (χ3n) is 2.83. The fourth-order valence-electron chi connectivity index (χ4n) is 1.84. The quantitative estimate of drug-likeness (QED) is 0.779. The Morgan fingerprint density at radius 3 is 2.35 bits per heavy atom. The molecule has 0 atom stereocenters. The van der Waals surface area contributed by atoms with E-state index in [9.17, 15) is 0 Å². The minimum atomic E-state index is 0.982. The molecule has 0 saturated carbocycles. The van der Waals surface area contributed by atoms with Gasteiger partial charge in [0.05, 0.1) is 0 Å². The van der Waals surface area contributed by atoms with E-state index in [1.54, 1.807) is 0 Å². The maximum Gasteiger partial charge on any atom is 0.0271 e. The lowest BCUT2D eigenvalue weighted by Gasteiger charge is -2.16. The lowest BCUT2D eigenvalue weighted by molar-refractivity contribution is 0.331. The van der Waals surface area contributed by atoms with Gasteiger partial charge in [-0.2, -0.15) is 0 Å². The first-order chi connectivity index (χ1) is 8.34. The van der Waals surface area contributed by atoms with Crippen LogP contribution in [0.3, 0.4) is 0 Å². The largest absolute Gasteiger partial charge is 0.302 e. The van der Waals surface area contributed by atoms with Gasteiger partial charge in [-0.3, -0.25) is 4.98 Å². The van der Waals surface area contributed by atoms with Gasteiger partial charge >= 0.3 is 0 Å². The summed E-state index contributed by atoms with van der Waals surface area (Å²) in [6, 6.07) is 14.7. The highest BCUT2D eigenvalue weighted by Crippen LogP contribution is 2.04. The smallest absolute Gasteiger partial charge is 0.0271 e. The molecule has 1 aromatic heterocycles. The van der Waals surface area contributed by atoms with E-state index in [-0.39, 0.29) is 0 Å². The minimum Gasteiger partial charge on any atom is -0.302 e. The molecule has 17 heavy (non-hydrogen) atoms. The average molecular weight is 226 g/mol. The molecule has 0 fully saturated rings. The van der Waals surface area contributed by atoms with Crippen molar-refractivity contribution in [1.29, 1.82) is 0 Å². The Morgan fingerprint density at radius 1 is 0.941 bits per heavy atom. The van der Waals surface area contributed by atoms with Crippen LogP contribution < -0.4 is 0 Å². The van der Waals surface area contributed by atoms with Gasteiger partial charge in [-0.15, -0.1) is 0 Å². The van der Waals surface area contributed by atoms with Gasteiger partial charge in [-0.25, -0.2) is 0 Å². The second-order valence-electron chi connectivity index (χ2n) is 4.33. The van der Waals surface area contributed by atoms with Crippen molar-refractivity contribution >= 4 is 0 Å². The van der Waals surface area contributed by atoms with Gasteiger partial charge < -0.3 is 4.90 Å². The Morgan fingerprint density at radius 2 is 1.65 bits per heavy atom. The number of aromatic nitrogens is 1. The van der Waals surface area contributed by atoms with Crippen molar-refractivity contribution in [2.24, 2.45) is 0 Å². The number of hydrogen-bond acceptors (Lipinski definition) is 2. The van der Waals surface area contributed by atoms with Gasteiger partial charge in [0.2, 0.25) is 0 Å². The fraction of sp³-hybridized carbons (Fsp3) is 0.267. The van der Waals surface area contributed by atoms with Crippen LogP contribution in [0.5, 0.6) is 0 Å². The molecule has 88 valence electrons. The molecule has 0 saturated heterocycles. The van der Waals surface area contributed by atoms with Crippen molar-refractivity contribution in [1.82, 2.24) is 9.88 Å². The van der Waals surface area contributed by atoms with Gasteiger partial charge in [0.15, 0.2) is 0 Å². The molecule has 0 aliphatic carbocycles. The molecule has 2 rings (SSSR count). The van der Waals surface area contributed by atoms with Crippen LogP contribution in [0.4, 0.5) is 0 Å². The van der Waals surface area contributed by atoms with Crippen LogP contribution in [0.25, 0.3) is 0 Å². The first-order valence-electron chi connectivity index (χ1n) is 5.96. The van der Waals surface area contributed by atoms with Crippen molar-refractivity contribution < 1.29 is 0 Å². The van der Waals surface area contributed by atoms with Crippen LogP contribution in [0.15, 0.2) is 54.9 Å². The zero-order valence-electron chi connectivity index (χ0n) is 10.2. The highest BCUT2D eigenvalue weighted by atomic mass is 15.1. The summed E-state index contributed by atoms with van der Waals surface area (Å²) in [6.07, 6.45) is 4.79. The third-order valence-corrected chi connectivity index (χ3v) is 2.83. The van der Waals surface area contributed by atoms with Crippen LogP contribution in [-0.4, -0.2) is 23.5 Å². The molecule has 0 bridgehead atoms. The Kier molecular flexibility index (Phi) is 4.28. The molecule has 1 aromatic carbocycles. The zero-order chi connectivity index (χ0) is 11.9. The van der Waals surface area contributed by atoms with Gasteiger partial charge in [0.1, 0.15) is 0 Å². The minimum absolute atomic E-state index is 0.982. The number of hydrogen-bond donors (Lipinski definition) is 0. The summed E-state index contributed by atoms with van der Waals surface area (Å²) in [5.41, 5.74) is 2.71. The maximum absolute atomic E-state index is 4.03. The van der Waals surface area contributed by atoms with Gasteiger partial charge in [0.25, 0.3) is 0 Å². The first kappa shape index (κ1) is 11.8. The number of pyridine rings is 1. The van der Waals surface area contributed by atoms with E-state index in [4.69, 9.17) is 0 Å². The number of nitrogens with zero attached hydrogens (tertiary/aromatic N) is 2. The maximum atomic E-state index is 4.03. The zero-order valence-corrected chi connectivity index (χ0v) is 10.2. The normalized spacial score (nSPS) is 10.7. The van der Waals surface area contributed by atoms with E-state index in [2.05, 4.69) is 59.4 Å². The molecular formula is C15H18N2. The summed E-state index contributed by atoms with van der Waals surface area (Å²) in [5, 5.41) is 0. The summed E-state index contributed by atoms with van der Waals surface area (Å²) < 4.78 is 0. The lowest BCUT2D eigenvalue weighted by atomic mass is 10.1. The number of rotatable bonds is 5. The monoisotopic (exact) mass is 226 g/mol. The van der Waals surface area contributed by atoms with E-state index in [1.807, 2.05) is 12.4 Å². The highest BCUT2D eigenvalue weighted by molar-refractivity contribution is 5.15. The molecule has 0 N–H and O–H groups in total. The molecule has 2 heteroatoms. The van der Waals surface area contributed by atoms with Crippen molar-refractivity contribution in [2.75, 3.05) is 13.6 Å². The summed E-state index contributed by atoms with van der Waals surface area (Å²) in [7, 11) is 2.16. The molecule has 0 amide bonds. The Balaban J connectivity index is 1.80. The summed E-state index contributed by atoms with van der Waals surface area (Å²) in [5.74, 6) is 0. The summed E-state index contributed by atoms with van der Waals surface area (Å²) in [6.45, 7) is 2.06. The molecular weight excluding hydrogens is 208 g/mol. The molecule has 1 heterocycles. The van der Waals surface area contributed by atoms with Crippen molar-refractivity contribution in [3.05, 3.63) is 66.0 Å². The molecule has 0 spiro atoms. The summed E-state index contributed by atoms with van der Waals surface area (Å²) >= 11 is 0. The molecule has 0 unspecified atom stereocenters. The molecule has 0 radical (unpaired) electrons. The SMILES string of the molecule is CN(CCc1ccccc1)Cc1ccncc1. The highest BCUT2D eigenvalue weighted by Gasteiger charge is 2.00. The molecule has 0 aliphatic heterocycles. The van der Waals surface area contributed by atoms with Crippen LogP contribution in [0, 0.1) is 0 Å². The Labute approximate surface area is 103 Å². The van der Waals surface area contributed by atoms with Crippen molar-refractivity contribution in [3.63, 3.8) is 0 Å². The van der Waals surface area contributed by atoms with E-state index in [0.29, 0.717) is 0 Å². The lowest BCUT2D eigenvalue weighted by Crippen LogP contribution is -2.20. The van der Waals surface area contributed by atoms with Crippen LogP contribution in [-0.2, 0) is 13.0 Å². The summed E-state index contributed by atoms with van der Waals surface area (Å²) in [4.78, 5) is 6.36. The predicted molar refractivity (Wildman–Crippen MR) is 70.7 cm³/mol. The van der Waals surface area contributed by atoms with E-state index < -0.39 is 0 Å². The van der Waals surface area contributed by atoms with Crippen LogP contribution >= 0.6 is 0 Å². The number of likely N-dealkylation sites (N-methyl/N-ethyl adjacent to an activating group) is 1. The van der Waals surface area contributed by atoms with E-state index >= 15 is 0 Å². The topological polar surface area (TPSA) is 16.1 Å². The van der Waals surface area contributed by atoms with Crippen molar-refractivity contribution in [3.8, 4) is 0 Å². The van der Waals surface area contributed by atoms with Crippen LogP contribution in [0.1, 0.15) is 11.1 Å². The third kappa shape index (κ3) is 4.00. The van der Waals surface area contributed by atoms with Crippen LogP contribution in [0.2, 0.25) is 0 Å². The number of benzene rings is 1. The van der Waals surface area contributed by atoms with Gasteiger partial charge in [0, 0.05) is 25.5 Å². The Bertz CT molecular complexity index is 425. The van der Waals surface area contributed by atoms with Gasteiger partial charge in [-0.05, 0) is 36.7 Å². The van der Waals surface area contributed by atoms with Crippen molar-refractivity contribution in [2.45, 2.75) is 13.0 Å². The van der Waals surface area contributed by atoms with E-state index in [0.717, 1.165) is 19.5 Å². The standard InChI is InChI=1S/C15H18N2/c1-17(13-15-7-10-16-11-8-15)12-9-14-5-3-2-4-6-14/h2-8,10-11H,9,12-13H2,1H3. The van der Waals surface area contributed by atoms with E-state index in [1.165, 1.54) is 11.1 Å². The molecule has 2 aromatic rings. The predicted octanol–water partition coefficient (Wildman–Crippen LogP) is 2.76. The Hall–Kier alpha value is -1.67. The molecule has 2 nitrogen and oxygen atoms in total. The first-order valence-corrected chi connectivity index (χ1v) is 5.96. The van der Waals surface area contributed by atoms with Gasteiger partial charge in [-0.1, -0.05) is 30.3 Å². The second kappa shape index (κ2) is 6.16. The average Bonchev–Trinajstić information content (AvgIpc) is 2.39.